The molecular formula is C19H17BrN4O4S. The number of carbonyl (C=O) groups is 1. The van der Waals surface area contributed by atoms with Crippen molar-refractivity contribution in [1.29, 1.82) is 0 Å². The molecule has 0 bridgehead atoms. The van der Waals surface area contributed by atoms with Gasteiger partial charge in [0.15, 0.2) is 0 Å². The van der Waals surface area contributed by atoms with Gasteiger partial charge in [-0.1, -0.05) is 6.92 Å². The van der Waals surface area contributed by atoms with Crippen LogP contribution in [0, 0.1) is 16.0 Å². The largest absolute Gasteiger partial charge is 0.323 e. The molecule has 8 nitrogen and oxygen atoms in total. The van der Waals surface area contributed by atoms with Crippen molar-refractivity contribution in [3.8, 4) is 0 Å². The summed E-state index contributed by atoms with van der Waals surface area (Å²) in [6.45, 7) is 2.02. The molecule has 10 heteroatoms. The highest BCUT2D eigenvalue weighted by atomic mass is 79.9. The van der Waals surface area contributed by atoms with E-state index in [4.69, 9.17) is 0 Å². The number of nitrogens with one attached hydrogen (secondary N) is 1. The lowest BCUT2D eigenvalue weighted by molar-refractivity contribution is -0.384. The molecule has 1 atom stereocenters. The molecule has 29 heavy (non-hydrogen) atoms. The number of nitrogens with zero attached hydrogens (tertiary/aromatic N) is 3. The molecule has 1 amide bonds. The van der Waals surface area contributed by atoms with E-state index in [-0.39, 0.29) is 17.8 Å². The first kappa shape index (κ1) is 19.7. The Hall–Kier alpha value is -2.59. The first-order valence-electron chi connectivity index (χ1n) is 9.07. The van der Waals surface area contributed by atoms with E-state index < -0.39 is 10.8 Å². The maximum absolute atomic E-state index is 13.0. The molecule has 4 rings (SSSR count). The summed E-state index contributed by atoms with van der Waals surface area (Å²) >= 11 is 4.79. The number of rotatable bonds is 4. The van der Waals surface area contributed by atoms with Crippen LogP contribution >= 0.6 is 27.3 Å². The van der Waals surface area contributed by atoms with Crippen LogP contribution in [-0.4, -0.2) is 20.4 Å². The molecule has 0 fully saturated rings. The van der Waals surface area contributed by atoms with Gasteiger partial charge in [0.1, 0.15) is 11.4 Å². The van der Waals surface area contributed by atoms with Crippen LogP contribution in [0.25, 0.3) is 10.2 Å². The number of amides is 1. The maximum atomic E-state index is 13.0. The van der Waals surface area contributed by atoms with Crippen molar-refractivity contribution in [1.82, 2.24) is 9.55 Å². The summed E-state index contributed by atoms with van der Waals surface area (Å²) in [5, 5.41) is 14.1. The molecule has 1 N–H and O–H groups in total. The predicted molar refractivity (Wildman–Crippen MR) is 114 cm³/mol. The molecule has 150 valence electrons. The van der Waals surface area contributed by atoms with Gasteiger partial charge in [-0.05, 0) is 52.7 Å². The second-order valence-electron chi connectivity index (χ2n) is 7.18. The fraction of sp³-hybridized carbons (Fsp3) is 0.316. The fourth-order valence-electron chi connectivity index (χ4n) is 3.54. The molecular weight excluding hydrogens is 460 g/mol. The number of aromatic nitrogens is 2. The lowest BCUT2D eigenvalue weighted by atomic mass is 9.89. The summed E-state index contributed by atoms with van der Waals surface area (Å²) in [6.07, 6.45) is 4.27. The number of thiophene rings is 1. The third-order valence-corrected chi connectivity index (χ3v) is 6.85. The third-order valence-electron chi connectivity index (χ3n) is 5.03. The average molecular weight is 477 g/mol. The zero-order chi connectivity index (χ0) is 20.7. The van der Waals surface area contributed by atoms with Crippen LogP contribution in [0.2, 0.25) is 0 Å². The van der Waals surface area contributed by atoms with E-state index in [2.05, 4.69) is 33.2 Å². The SMILES string of the molecule is CC1CCc2c(sc3ncn(CC(=O)Nc4ccc([N+](=O)[O-])cc4Br)c(=O)c23)C1. The van der Waals surface area contributed by atoms with Crippen LogP contribution in [-0.2, 0) is 24.2 Å². The normalized spacial score (nSPS) is 15.9. The Morgan fingerprint density at radius 2 is 2.28 bits per heavy atom. The number of nitro groups is 1. The van der Waals surface area contributed by atoms with Crippen LogP contribution in [0.1, 0.15) is 23.8 Å². The number of nitro benzene ring substituents is 1. The van der Waals surface area contributed by atoms with Crippen molar-refractivity contribution in [3.05, 3.63) is 59.9 Å². The Bertz CT molecular complexity index is 1200. The van der Waals surface area contributed by atoms with Crippen LogP contribution in [0.5, 0.6) is 0 Å². The van der Waals surface area contributed by atoms with Gasteiger partial charge in [0, 0.05) is 21.5 Å². The highest BCUT2D eigenvalue weighted by Gasteiger charge is 2.23. The Labute approximate surface area is 177 Å². The number of fused-ring (bicyclic) bond motifs is 3. The number of carbonyl (C=O) groups excluding carboxylic acids is 1. The van der Waals surface area contributed by atoms with Gasteiger partial charge in [-0.2, -0.15) is 0 Å². The number of anilines is 1. The summed E-state index contributed by atoms with van der Waals surface area (Å²) in [5.74, 6) is 0.184. The lowest BCUT2D eigenvalue weighted by Gasteiger charge is -2.17. The maximum Gasteiger partial charge on any atom is 0.270 e. The summed E-state index contributed by atoms with van der Waals surface area (Å²) in [7, 11) is 0. The lowest BCUT2D eigenvalue weighted by Crippen LogP contribution is -2.28. The van der Waals surface area contributed by atoms with Crippen LogP contribution < -0.4 is 10.9 Å². The summed E-state index contributed by atoms with van der Waals surface area (Å²) in [5.41, 5.74) is 1.18. The molecule has 0 radical (unpaired) electrons. The van der Waals surface area contributed by atoms with E-state index in [0.29, 0.717) is 21.5 Å². The number of non-ortho nitro benzene ring substituents is 1. The van der Waals surface area contributed by atoms with E-state index in [0.717, 1.165) is 29.7 Å². The van der Waals surface area contributed by atoms with E-state index in [1.165, 1.54) is 34.0 Å². The van der Waals surface area contributed by atoms with Crippen molar-refractivity contribution in [2.75, 3.05) is 5.32 Å². The van der Waals surface area contributed by atoms with Crippen LogP contribution in [0.3, 0.4) is 0 Å². The summed E-state index contributed by atoms with van der Waals surface area (Å²) in [6, 6.07) is 4.06. The summed E-state index contributed by atoms with van der Waals surface area (Å²) in [4.78, 5) is 42.1. The number of hydrogen-bond acceptors (Lipinski definition) is 6. The molecule has 2 heterocycles. The second kappa shape index (κ2) is 7.68. The van der Waals surface area contributed by atoms with Crippen molar-refractivity contribution in [2.24, 2.45) is 5.92 Å². The second-order valence-corrected chi connectivity index (χ2v) is 9.12. The van der Waals surface area contributed by atoms with Gasteiger partial charge in [-0.3, -0.25) is 24.3 Å². The van der Waals surface area contributed by atoms with E-state index >= 15 is 0 Å². The Morgan fingerprint density at radius 3 is 3.00 bits per heavy atom. The summed E-state index contributed by atoms with van der Waals surface area (Å²) < 4.78 is 1.70. The molecule has 1 aliphatic carbocycles. The molecule has 1 aliphatic rings. The van der Waals surface area contributed by atoms with E-state index in [1.807, 2.05) is 0 Å². The first-order chi connectivity index (χ1) is 13.8. The average Bonchev–Trinajstić information content (AvgIpc) is 3.03. The number of benzene rings is 1. The highest BCUT2D eigenvalue weighted by Crippen LogP contribution is 2.35. The van der Waals surface area contributed by atoms with Gasteiger partial charge in [-0.15, -0.1) is 11.3 Å². The zero-order valence-electron chi connectivity index (χ0n) is 15.5. The number of aryl methyl sites for hydroxylation is 1. The van der Waals surface area contributed by atoms with Gasteiger partial charge >= 0.3 is 0 Å². The molecule has 1 aromatic carbocycles. The minimum absolute atomic E-state index is 0.0858. The molecule has 0 saturated heterocycles. The van der Waals surface area contributed by atoms with Crippen molar-refractivity contribution in [3.63, 3.8) is 0 Å². The Balaban J connectivity index is 1.58. The smallest absolute Gasteiger partial charge is 0.270 e. The van der Waals surface area contributed by atoms with Crippen LogP contribution in [0.15, 0.2) is 33.8 Å². The van der Waals surface area contributed by atoms with Crippen molar-refractivity contribution < 1.29 is 9.72 Å². The third kappa shape index (κ3) is 3.82. The van der Waals surface area contributed by atoms with Crippen LogP contribution in [0.4, 0.5) is 11.4 Å². The van der Waals surface area contributed by atoms with Gasteiger partial charge in [0.25, 0.3) is 11.2 Å². The minimum Gasteiger partial charge on any atom is -0.323 e. The van der Waals surface area contributed by atoms with Gasteiger partial charge in [-0.25, -0.2) is 4.98 Å². The van der Waals surface area contributed by atoms with Crippen molar-refractivity contribution >= 4 is 54.8 Å². The molecule has 1 unspecified atom stereocenters. The Morgan fingerprint density at radius 1 is 1.48 bits per heavy atom. The van der Waals surface area contributed by atoms with E-state index in [1.54, 1.807) is 11.3 Å². The number of halogens is 1. The quantitative estimate of drug-likeness (QED) is 0.453. The van der Waals surface area contributed by atoms with Crippen molar-refractivity contribution in [2.45, 2.75) is 32.7 Å². The predicted octanol–water partition coefficient (Wildman–Crippen LogP) is 3.89. The molecule has 3 aromatic rings. The fourth-order valence-corrected chi connectivity index (χ4v) is 5.35. The molecule has 0 spiro atoms. The van der Waals surface area contributed by atoms with Gasteiger partial charge < -0.3 is 5.32 Å². The molecule has 0 aliphatic heterocycles. The molecule has 2 aromatic heterocycles. The van der Waals surface area contributed by atoms with Gasteiger partial charge in [0.05, 0.1) is 22.3 Å². The highest BCUT2D eigenvalue weighted by molar-refractivity contribution is 9.10. The first-order valence-corrected chi connectivity index (χ1v) is 10.7. The Kier molecular flexibility index (Phi) is 5.22. The van der Waals surface area contributed by atoms with E-state index in [9.17, 15) is 19.7 Å². The number of hydrogen-bond donors (Lipinski definition) is 1. The topological polar surface area (TPSA) is 107 Å². The van der Waals surface area contributed by atoms with Gasteiger partial charge in [0.2, 0.25) is 5.91 Å². The monoisotopic (exact) mass is 476 g/mol. The zero-order valence-corrected chi connectivity index (χ0v) is 17.9. The molecule has 0 saturated carbocycles. The standard InChI is InChI=1S/C19H17BrN4O4S/c1-10-2-4-12-15(6-10)29-18-17(12)19(26)23(9-21-18)8-16(25)22-14-5-3-11(24(27)28)7-13(14)20/h3,5,7,9-10H,2,4,6,8H2,1H3,(H,22,25). The minimum atomic E-state index is -0.515.